The van der Waals surface area contributed by atoms with Gasteiger partial charge in [0.25, 0.3) is 0 Å². The summed E-state index contributed by atoms with van der Waals surface area (Å²) >= 11 is 3.44. The maximum absolute atomic E-state index is 11.3. The number of amides is 1. The monoisotopic (exact) mass is 310 g/mol. The molecular formula is C14H19BrN2O. The highest BCUT2D eigenvalue weighted by Gasteiger charge is 2.20. The van der Waals surface area contributed by atoms with Crippen molar-refractivity contribution in [3.05, 3.63) is 34.3 Å². The number of carbonyl (C=O) groups is 1. The lowest BCUT2D eigenvalue weighted by atomic mass is 10.0. The number of piperazine rings is 1. The summed E-state index contributed by atoms with van der Waals surface area (Å²) in [6.07, 6.45) is 2.13. The second kappa shape index (κ2) is 6.34. The van der Waals surface area contributed by atoms with E-state index in [1.807, 2.05) is 4.90 Å². The molecule has 1 unspecified atom stereocenters. The van der Waals surface area contributed by atoms with Crippen molar-refractivity contribution in [3.63, 3.8) is 0 Å². The van der Waals surface area contributed by atoms with Crippen LogP contribution in [0.1, 0.15) is 18.9 Å². The Balaban J connectivity index is 1.82. The predicted molar refractivity (Wildman–Crippen MR) is 76.5 cm³/mol. The minimum absolute atomic E-state index is 0.185. The SMILES string of the molecule is CC(=O)N1CCNC(CCc2ccc(Br)cc2)C1. The third kappa shape index (κ3) is 3.82. The molecule has 4 heteroatoms. The summed E-state index contributed by atoms with van der Waals surface area (Å²) in [5.41, 5.74) is 1.35. The van der Waals surface area contributed by atoms with E-state index < -0.39 is 0 Å². The Morgan fingerprint density at radius 1 is 1.44 bits per heavy atom. The first-order chi connectivity index (χ1) is 8.65. The Morgan fingerprint density at radius 3 is 2.83 bits per heavy atom. The van der Waals surface area contributed by atoms with Gasteiger partial charge in [0.2, 0.25) is 5.91 Å². The molecule has 1 aromatic carbocycles. The van der Waals surface area contributed by atoms with Gasteiger partial charge in [-0.3, -0.25) is 4.79 Å². The van der Waals surface area contributed by atoms with Gasteiger partial charge in [0, 0.05) is 37.1 Å². The predicted octanol–water partition coefficient (Wildman–Crippen LogP) is 2.20. The molecule has 1 saturated heterocycles. The summed E-state index contributed by atoms with van der Waals surface area (Å²) in [5, 5.41) is 3.48. The highest BCUT2D eigenvalue weighted by atomic mass is 79.9. The van der Waals surface area contributed by atoms with Crippen molar-refractivity contribution < 1.29 is 4.79 Å². The zero-order valence-electron chi connectivity index (χ0n) is 10.7. The Labute approximate surface area is 117 Å². The molecule has 1 fully saturated rings. The summed E-state index contributed by atoms with van der Waals surface area (Å²) in [4.78, 5) is 13.3. The third-order valence-corrected chi connectivity index (χ3v) is 3.92. The molecule has 98 valence electrons. The lowest BCUT2D eigenvalue weighted by Crippen LogP contribution is -2.52. The molecule has 1 aliphatic heterocycles. The third-order valence-electron chi connectivity index (χ3n) is 3.40. The zero-order chi connectivity index (χ0) is 13.0. The molecule has 0 bridgehead atoms. The van der Waals surface area contributed by atoms with Gasteiger partial charge in [-0.15, -0.1) is 0 Å². The topological polar surface area (TPSA) is 32.3 Å². The van der Waals surface area contributed by atoms with Crippen LogP contribution in [0.25, 0.3) is 0 Å². The molecule has 1 aromatic rings. The van der Waals surface area contributed by atoms with Crippen LogP contribution < -0.4 is 5.32 Å². The second-order valence-electron chi connectivity index (χ2n) is 4.78. The first-order valence-corrected chi connectivity index (χ1v) is 7.18. The van der Waals surface area contributed by atoms with Gasteiger partial charge in [-0.2, -0.15) is 0 Å². The Morgan fingerprint density at radius 2 is 2.17 bits per heavy atom. The van der Waals surface area contributed by atoms with Gasteiger partial charge in [0.1, 0.15) is 0 Å². The van der Waals surface area contributed by atoms with E-state index in [0.29, 0.717) is 6.04 Å². The molecule has 1 atom stereocenters. The van der Waals surface area contributed by atoms with E-state index in [0.717, 1.165) is 36.9 Å². The van der Waals surface area contributed by atoms with Gasteiger partial charge in [-0.1, -0.05) is 28.1 Å². The molecule has 1 N–H and O–H groups in total. The Hall–Kier alpha value is -0.870. The van der Waals surface area contributed by atoms with Crippen molar-refractivity contribution in [1.29, 1.82) is 0 Å². The van der Waals surface area contributed by atoms with Crippen LogP contribution in [0.3, 0.4) is 0 Å². The highest BCUT2D eigenvalue weighted by Crippen LogP contribution is 2.13. The van der Waals surface area contributed by atoms with Crippen LogP contribution in [0.15, 0.2) is 28.7 Å². The Bertz CT molecular complexity index is 405. The van der Waals surface area contributed by atoms with Crippen LogP contribution in [0.4, 0.5) is 0 Å². The van der Waals surface area contributed by atoms with E-state index in [4.69, 9.17) is 0 Å². The minimum Gasteiger partial charge on any atom is -0.340 e. The average Bonchev–Trinajstić information content (AvgIpc) is 2.38. The van der Waals surface area contributed by atoms with Crippen molar-refractivity contribution in [1.82, 2.24) is 10.2 Å². The lowest BCUT2D eigenvalue weighted by molar-refractivity contribution is -0.130. The van der Waals surface area contributed by atoms with Gasteiger partial charge in [-0.25, -0.2) is 0 Å². The molecule has 0 aromatic heterocycles. The van der Waals surface area contributed by atoms with Crippen LogP contribution in [0.5, 0.6) is 0 Å². The number of hydrogen-bond acceptors (Lipinski definition) is 2. The summed E-state index contributed by atoms with van der Waals surface area (Å²) in [5.74, 6) is 0.185. The quantitative estimate of drug-likeness (QED) is 0.928. The van der Waals surface area contributed by atoms with Crippen LogP contribution in [0.2, 0.25) is 0 Å². The van der Waals surface area contributed by atoms with Gasteiger partial charge in [-0.05, 0) is 30.5 Å². The van der Waals surface area contributed by atoms with E-state index in [9.17, 15) is 4.79 Å². The van der Waals surface area contributed by atoms with E-state index in [1.165, 1.54) is 5.56 Å². The largest absolute Gasteiger partial charge is 0.340 e. The maximum Gasteiger partial charge on any atom is 0.219 e. The smallest absolute Gasteiger partial charge is 0.219 e. The van der Waals surface area contributed by atoms with E-state index in [1.54, 1.807) is 6.92 Å². The van der Waals surface area contributed by atoms with E-state index in [-0.39, 0.29) is 5.91 Å². The van der Waals surface area contributed by atoms with Crippen molar-refractivity contribution in [3.8, 4) is 0 Å². The van der Waals surface area contributed by atoms with Gasteiger partial charge in [0.05, 0.1) is 0 Å². The number of aryl methyl sites for hydroxylation is 1. The highest BCUT2D eigenvalue weighted by molar-refractivity contribution is 9.10. The van der Waals surface area contributed by atoms with Crippen molar-refractivity contribution in [2.24, 2.45) is 0 Å². The van der Waals surface area contributed by atoms with E-state index in [2.05, 4.69) is 45.5 Å². The fourth-order valence-electron chi connectivity index (χ4n) is 2.30. The number of nitrogens with one attached hydrogen (secondary N) is 1. The zero-order valence-corrected chi connectivity index (χ0v) is 12.2. The standard InChI is InChI=1S/C14H19BrN2O/c1-11(18)17-9-8-16-14(10-17)7-4-12-2-5-13(15)6-3-12/h2-3,5-6,14,16H,4,7-10H2,1H3. The van der Waals surface area contributed by atoms with Gasteiger partial charge >= 0.3 is 0 Å². The summed E-state index contributed by atoms with van der Waals surface area (Å²) in [6, 6.07) is 8.87. The van der Waals surface area contributed by atoms with Crippen molar-refractivity contribution >= 4 is 21.8 Å². The molecule has 1 aliphatic rings. The van der Waals surface area contributed by atoms with Gasteiger partial charge < -0.3 is 10.2 Å². The second-order valence-corrected chi connectivity index (χ2v) is 5.70. The molecule has 2 rings (SSSR count). The molecule has 0 saturated carbocycles. The summed E-state index contributed by atoms with van der Waals surface area (Å²) in [6.45, 7) is 4.23. The maximum atomic E-state index is 11.3. The number of rotatable bonds is 3. The average molecular weight is 311 g/mol. The van der Waals surface area contributed by atoms with Crippen LogP contribution in [-0.4, -0.2) is 36.5 Å². The molecular weight excluding hydrogens is 292 g/mol. The minimum atomic E-state index is 0.185. The molecule has 0 aliphatic carbocycles. The molecule has 0 spiro atoms. The first kappa shape index (κ1) is 13.6. The molecule has 1 heterocycles. The fourth-order valence-corrected chi connectivity index (χ4v) is 2.56. The van der Waals surface area contributed by atoms with Crippen molar-refractivity contribution in [2.75, 3.05) is 19.6 Å². The van der Waals surface area contributed by atoms with Gasteiger partial charge in [0.15, 0.2) is 0 Å². The van der Waals surface area contributed by atoms with Crippen molar-refractivity contribution in [2.45, 2.75) is 25.8 Å². The van der Waals surface area contributed by atoms with Crippen LogP contribution in [0, 0.1) is 0 Å². The fraction of sp³-hybridized carbons (Fsp3) is 0.500. The summed E-state index contributed by atoms with van der Waals surface area (Å²) < 4.78 is 1.12. The number of benzene rings is 1. The normalized spacial score (nSPS) is 19.9. The molecule has 1 amide bonds. The first-order valence-electron chi connectivity index (χ1n) is 6.38. The number of carbonyl (C=O) groups excluding carboxylic acids is 1. The van der Waals surface area contributed by atoms with E-state index >= 15 is 0 Å². The Kier molecular flexibility index (Phi) is 4.78. The lowest BCUT2D eigenvalue weighted by Gasteiger charge is -2.33. The van der Waals surface area contributed by atoms with Crippen LogP contribution >= 0.6 is 15.9 Å². The molecule has 3 nitrogen and oxygen atoms in total. The molecule has 18 heavy (non-hydrogen) atoms. The number of hydrogen-bond donors (Lipinski definition) is 1. The number of halogens is 1. The number of nitrogens with zero attached hydrogens (tertiary/aromatic N) is 1. The molecule has 0 radical (unpaired) electrons. The summed E-state index contributed by atoms with van der Waals surface area (Å²) in [7, 11) is 0. The van der Waals surface area contributed by atoms with Crippen LogP contribution in [-0.2, 0) is 11.2 Å².